The Morgan fingerprint density at radius 2 is 1.69 bits per heavy atom. The number of alkyl carbamates (subject to hydrolysis) is 1. The van der Waals surface area contributed by atoms with Crippen LogP contribution in [0.4, 0.5) is 4.79 Å². The van der Waals surface area contributed by atoms with E-state index >= 15 is 0 Å². The van der Waals surface area contributed by atoms with Crippen LogP contribution in [-0.2, 0) is 58.6 Å². The van der Waals surface area contributed by atoms with Gasteiger partial charge >= 0.3 is 25.9 Å². The van der Waals surface area contributed by atoms with Crippen LogP contribution in [-0.4, -0.2) is 70.3 Å². The molecule has 0 radical (unpaired) electrons. The largest absolute Gasteiger partial charge is 0.543 e. The second-order valence-electron chi connectivity index (χ2n) is 11.7. The van der Waals surface area contributed by atoms with Gasteiger partial charge in [-0.2, -0.15) is 6.61 Å². The zero-order chi connectivity index (χ0) is 35.7. The topological polar surface area (TPSA) is 179 Å². The van der Waals surface area contributed by atoms with E-state index in [1.165, 1.54) is 49.9 Å². The number of rotatable bonds is 15. The van der Waals surface area contributed by atoms with Crippen molar-refractivity contribution in [1.82, 2.24) is 5.32 Å². The third-order valence-corrected chi connectivity index (χ3v) is 10.2. The van der Waals surface area contributed by atoms with Gasteiger partial charge in [0.15, 0.2) is 9.84 Å². The van der Waals surface area contributed by atoms with Crippen LogP contribution in [0.25, 0.3) is 0 Å². The first kappa shape index (κ1) is 43.0. The molecule has 49 heavy (non-hydrogen) atoms. The van der Waals surface area contributed by atoms with Crippen molar-refractivity contribution in [1.29, 1.82) is 0 Å². The summed E-state index contributed by atoms with van der Waals surface area (Å²) in [5, 5.41) is 2.86. The molecule has 14 nitrogen and oxygen atoms in total. The molecule has 1 heterocycles. The summed E-state index contributed by atoms with van der Waals surface area (Å²) in [6, 6.07) is 10.5. The van der Waals surface area contributed by atoms with E-state index < -0.39 is 65.2 Å². The molecule has 1 aliphatic heterocycles. The Hall–Kier alpha value is -2.15. The van der Waals surface area contributed by atoms with Gasteiger partial charge in [-0.1, -0.05) is 30.7 Å². The summed E-state index contributed by atoms with van der Waals surface area (Å²) >= 11 is 5.85. The number of halogens is 1. The fourth-order valence-electron chi connectivity index (χ4n) is 4.06. The van der Waals surface area contributed by atoms with Crippen LogP contribution < -0.4 is 9.84 Å². The van der Waals surface area contributed by atoms with Crippen LogP contribution in [0, 0.1) is 43.1 Å². The van der Waals surface area contributed by atoms with Gasteiger partial charge in [0.2, 0.25) is 0 Å². The molecule has 0 bridgehead atoms. The minimum Gasteiger partial charge on any atom is -0.543 e. The van der Waals surface area contributed by atoms with Crippen molar-refractivity contribution in [2.24, 2.45) is 5.41 Å². The number of esters is 2. The fraction of sp³-hybridized carbons (Fsp3) is 0.484. The molecular formula is C31H40ClNO13PSU-. The second-order valence-corrected chi connectivity index (χ2v) is 15.9. The van der Waals surface area contributed by atoms with Crippen LogP contribution >= 0.6 is 19.4 Å². The van der Waals surface area contributed by atoms with Crippen molar-refractivity contribution in [2.75, 3.05) is 19.5 Å². The maximum atomic E-state index is 13.7. The zero-order valence-corrected chi connectivity index (χ0v) is 34.5. The molecule has 1 saturated heterocycles. The number of hydrogen-bond acceptors (Lipinski definition) is 13. The minimum absolute atomic E-state index is 0. The monoisotopic (exact) mass is 970 g/mol. The van der Waals surface area contributed by atoms with Crippen LogP contribution in [0.5, 0.6) is 5.75 Å². The molecule has 0 aliphatic carbocycles. The maximum Gasteiger partial charge on any atom is 0.530 e. The molecule has 18 heteroatoms. The van der Waals surface area contributed by atoms with Crippen molar-refractivity contribution in [3.05, 3.63) is 65.7 Å². The quantitative estimate of drug-likeness (QED) is 0.104. The number of amides is 1. The smallest absolute Gasteiger partial charge is 0.530 e. The third kappa shape index (κ3) is 13.5. The number of benzene rings is 2. The fourth-order valence-corrected chi connectivity index (χ4v) is 6.76. The Labute approximate surface area is 315 Å². The Bertz CT molecular complexity index is 1570. The Kier molecular flexibility index (Phi) is 16.6. The summed E-state index contributed by atoms with van der Waals surface area (Å²) in [5.74, 6) is -1.35. The molecule has 0 spiro atoms. The Morgan fingerprint density at radius 3 is 2.27 bits per heavy atom. The molecule has 1 fully saturated rings. The first-order valence-electron chi connectivity index (χ1n) is 14.8. The van der Waals surface area contributed by atoms with Gasteiger partial charge in [-0.05, 0) is 75.7 Å². The van der Waals surface area contributed by atoms with Gasteiger partial charge in [-0.3, -0.25) is 18.6 Å². The Morgan fingerprint density at radius 1 is 1.06 bits per heavy atom. The van der Waals surface area contributed by atoms with Crippen molar-refractivity contribution < 1.29 is 91.0 Å². The molecular weight excluding hydrogens is 931 g/mol. The number of phosphoric ester groups is 1. The zero-order valence-electron chi connectivity index (χ0n) is 27.9. The van der Waals surface area contributed by atoms with E-state index in [1.54, 1.807) is 39.8 Å². The maximum absolute atomic E-state index is 13.7. The van der Waals surface area contributed by atoms with E-state index in [2.05, 4.69) is 5.32 Å². The van der Waals surface area contributed by atoms with E-state index in [1.807, 2.05) is 0 Å². The number of phosphoric acid groups is 1. The molecule has 0 saturated carbocycles. The standard InChI is InChI=1S/C31H40ClNO13PS.U/c1-7-27(34)42-16-21-8-12-23(13-9-21)45-47(37,40-6)46-28-25(17-41-26(28)18-43-29(35)31(3,4)5)33-30(36)44-20(2)19-48(38,39)24-14-10-22(32)11-15-24;/h8-15,17,20,25-26,28H,7,16,18-19H2,1-6H3,(H,33,36);/q-1;/t20?,25?,26-,28?,47?;/m1./s1. The van der Waals surface area contributed by atoms with Crippen LogP contribution in [0.15, 0.2) is 53.4 Å². The number of carbonyl (C=O) groups is 3. The molecule has 5 atom stereocenters. The summed E-state index contributed by atoms with van der Waals surface area (Å²) in [6.07, 6.45) is -4.26. The van der Waals surface area contributed by atoms with E-state index in [0.717, 1.165) is 7.11 Å². The molecule has 270 valence electrons. The summed E-state index contributed by atoms with van der Waals surface area (Å²) < 4.78 is 77.1. The van der Waals surface area contributed by atoms with Gasteiger partial charge in [0.1, 0.15) is 25.1 Å². The van der Waals surface area contributed by atoms with Crippen molar-refractivity contribution in [3.63, 3.8) is 0 Å². The van der Waals surface area contributed by atoms with E-state index in [9.17, 15) is 27.4 Å². The van der Waals surface area contributed by atoms with Crippen molar-refractivity contribution in [2.45, 2.75) is 76.9 Å². The minimum atomic E-state index is -4.42. The average Bonchev–Trinajstić information content (AvgIpc) is 3.38. The van der Waals surface area contributed by atoms with Gasteiger partial charge in [-0.25, -0.2) is 17.8 Å². The molecule has 1 amide bonds. The summed E-state index contributed by atoms with van der Waals surface area (Å²) in [7, 11) is -7.16. The summed E-state index contributed by atoms with van der Waals surface area (Å²) in [6.45, 7) is 8.90. The molecule has 1 aliphatic rings. The second kappa shape index (κ2) is 18.9. The molecule has 2 aromatic carbocycles. The van der Waals surface area contributed by atoms with E-state index in [0.29, 0.717) is 10.6 Å². The van der Waals surface area contributed by atoms with E-state index in [-0.39, 0.29) is 67.4 Å². The normalized spacial score (nSPS) is 19.4. The van der Waals surface area contributed by atoms with Gasteiger partial charge in [0.25, 0.3) is 0 Å². The van der Waals surface area contributed by atoms with Gasteiger partial charge in [0.05, 0.1) is 28.3 Å². The first-order valence-corrected chi connectivity index (χ1v) is 18.3. The molecule has 3 rings (SSSR count). The van der Waals surface area contributed by atoms with E-state index in [4.69, 9.17) is 44.1 Å². The van der Waals surface area contributed by atoms with Crippen LogP contribution in [0.2, 0.25) is 5.02 Å². The number of carbonyl (C=O) groups excluding carboxylic acids is 3. The van der Waals surface area contributed by atoms with Gasteiger partial charge < -0.3 is 28.8 Å². The number of sulfone groups is 1. The Balaban J connectivity index is 0.00000833. The van der Waals surface area contributed by atoms with Crippen molar-refractivity contribution >= 4 is 47.3 Å². The van der Waals surface area contributed by atoms with Gasteiger partial charge in [0, 0.05) is 49.7 Å². The summed E-state index contributed by atoms with van der Waals surface area (Å²) in [4.78, 5) is 36.8. The molecule has 1 N–H and O–H groups in total. The third-order valence-electron chi connectivity index (χ3n) is 6.63. The predicted molar refractivity (Wildman–Crippen MR) is 173 cm³/mol. The van der Waals surface area contributed by atoms with Crippen LogP contribution in [0.1, 0.15) is 46.6 Å². The number of hydrogen-bond donors (Lipinski definition) is 1. The predicted octanol–water partition coefficient (Wildman–Crippen LogP) is 5.42. The van der Waals surface area contributed by atoms with Crippen molar-refractivity contribution in [3.8, 4) is 5.75 Å². The molecule has 2 aromatic rings. The van der Waals surface area contributed by atoms with Gasteiger partial charge in [-0.15, -0.1) is 0 Å². The molecule has 4 unspecified atom stereocenters. The SMILES string of the molecule is CCC(=O)OCc1ccc(OP(=O)(OC)OC2C(NC(=O)OC(C)CS(=O)(=O)c3ccc(Cl)cc3)[CH-]O[C@@H]2COC(=O)C(C)(C)C)cc1.[U]. The average molecular weight is 971 g/mol. The molecule has 0 aromatic heterocycles. The van der Waals surface area contributed by atoms with Crippen LogP contribution in [0.3, 0.4) is 0 Å². The summed E-state index contributed by atoms with van der Waals surface area (Å²) in [5.41, 5.74) is -0.191. The number of nitrogens with one attached hydrogen (secondary N) is 1. The first-order chi connectivity index (χ1) is 22.4. The number of ether oxygens (including phenoxy) is 4.